The zero-order valence-electron chi connectivity index (χ0n) is 12.8. The molecule has 0 saturated carbocycles. The molecule has 5 nitrogen and oxygen atoms in total. The molecule has 23 heavy (non-hydrogen) atoms. The van der Waals surface area contributed by atoms with Crippen molar-refractivity contribution in [2.75, 3.05) is 0 Å². The Bertz CT molecular complexity index is 820. The van der Waals surface area contributed by atoms with Gasteiger partial charge in [-0.15, -0.1) is 11.3 Å². The summed E-state index contributed by atoms with van der Waals surface area (Å²) in [5.74, 6) is -0.202. The summed E-state index contributed by atoms with van der Waals surface area (Å²) < 4.78 is 0. The van der Waals surface area contributed by atoms with E-state index < -0.39 is 0 Å². The van der Waals surface area contributed by atoms with Crippen LogP contribution in [0, 0.1) is 6.92 Å². The number of aromatic hydroxyl groups is 1. The fourth-order valence-electron chi connectivity index (χ4n) is 2.37. The summed E-state index contributed by atoms with van der Waals surface area (Å²) in [6.45, 7) is 3.92. The van der Waals surface area contributed by atoms with E-state index in [0.29, 0.717) is 5.69 Å². The van der Waals surface area contributed by atoms with E-state index in [1.807, 2.05) is 43.6 Å². The van der Waals surface area contributed by atoms with Gasteiger partial charge in [0.05, 0.1) is 22.1 Å². The van der Waals surface area contributed by atoms with Crippen LogP contribution in [0.1, 0.15) is 34.7 Å². The van der Waals surface area contributed by atoms with Crippen LogP contribution in [0.25, 0.3) is 10.4 Å². The third-order valence-corrected chi connectivity index (χ3v) is 4.66. The first kappa shape index (κ1) is 15.3. The maximum absolute atomic E-state index is 12.1. The quantitative estimate of drug-likeness (QED) is 0.684. The van der Waals surface area contributed by atoms with Gasteiger partial charge in [0.25, 0.3) is 5.91 Å². The Hall–Kier alpha value is -2.60. The van der Waals surface area contributed by atoms with Gasteiger partial charge in [-0.3, -0.25) is 4.79 Å². The van der Waals surface area contributed by atoms with E-state index in [0.717, 1.165) is 21.7 Å². The van der Waals surface area contributed by atoms with Crippen LogP contribution >= 0.6 is 11.3 Å². The number of carbonyl (C=O) groups excluding carboxylic acids is 1. The summed E-state index contributed by atoms with van der Waals surface area (Å²) in [5, 5.41) is 12.2. The largest absolute Gasteiger partial charge is 0.506 e. The average molecular weight is 327 g/mol. The van der Waals surface area contributed by atoms with E-state index in [9.17, 15) is 9.90 Å². The molecule has 2 aromatic heterocycles. The average Bonchev–Trinajstić information content (AvgIpc) is 3.16. The summed E-state index contributed by atoms with van der Waals surface area (Å²) in [5.41, 5.74) is 5.34. The molecule has 0 radical (unpaired) electrons. The van der Waals surface area contributed by atoms with Crippen molar-refractivity contribution < 1.29 is 9.90 Å². The number of benzene rings is 1. The number of hydrogen-bond acceptors (Lipinski definition) is 4. The monoisotopic (exact) mass is 327 g/mol. The lowest BCUT2D eigenvalue weighted by atomic mass is 10.0. The van der Waals surface area contributed by atoms with Gasteiger partial charge in [-0.2, -0.15) is 0 Å². The lowest BCUT2D eigenvalue weighted by Crippen LogP contribution is -2.26. The van der Waals surface area contributed by atoms with E-state index in [4.69, 9.17) is 0 Å². The van der Waals surface area contributed by atoms with Crippen LogP contribution < -0.4 is 5.32 Å². The lowest BCUT2D eigenvalue weighted by Gasteiger charge is -2.14. The van der Waals surface area contributed by atoms with Gasteiger partial charge < -0.3 is 15.4 Å². The minimum absolute atomic E-state index is 0.0482. The van der Waals surface area contributed by atoms with Crippen molar-refractivity contribution in [1.82, 2.24) is 15.3 Å². The molecule has 0 aliphatic heterocycles. The van der Waals surface area contributed by atoms with Crippen LogP contribution in [0.2, 0.25) is 0 Å². The van der Waals surface area contributed by atoms with E-state index in [-0.39, 0.29) is 17.7 Å². The van der Waals surface area contributed by atoms with Crippen molar-refractivity contribution in [3.05, 3.63) is 59.0 Å². The van der Waals surface area contributed by atoms with Gasteiger partial charge in [0.1, 0.15) is 11.4 Å². The minimum atomic E-state index is -0.250. The number of amides is 1. The number of aryl methyl sites for hydroxylation is 1. The maximum atomic E-state index is 12.1. The molecule has 1 atom stereocenters. The van der Waals surface area contributed by atoms with Gasteiger partial charge in [-0.05, 0) is 25.0 Å². The molecule has 3 rings (SSSR count). The van der Waals surface area contributed by atoms with Crippen LogP contribution in [-0.2, 0) is 0 Å². The highest BCUT2D eigenvalue weighted by molar-refractivity contribution is 7.13. The molecule has 0 fully saturated rings. The third-order valence-electron chi connectivity index (χ3n) is 3.68. The van der Waals surface area contributed by atoms with Gasteiger partial charge in [-0.25, -0.2) is 4.98 Å². The molecule has 1 amide bonds. The lowest BCUT2D eigenvalue weighted by molar-refractivity contribution is 0.0935. The molecule has 3 N–H and O–H groups in total. The standard InChI is InChI=1S/C17H17N3O2S/c1-10(20-17(22)15-7-14(21)8-18-15)12-3-5-13(6-4-12)16-11(2)19-9-23-16/h3-10,18,21H,1-2H3,(H,20,22)/t10-/m0/s1. The molecule has 0 aliphatic rings. The Labute approximate surface area is 138 Å². The predicted octanol–water partition coefficient (Wildman–Crippen LogP) is 3.64. The summed E-state index contributed by atoms with van der Waals surface area (Å²) >= 11 is 1.62. The number of aromatic nitrogens is 2. The Balaban J connectivity index is 1.72. The third kappa shape index (κ3) is 3.27. The van der Waals surface area contributed by atoms with Crippen molar-refractivity contribution >= 4 is 17.2 Å². The maximum Gasteiger partial charge on any atom is 0.268 e. The number of hydrogen-bond donors (Lipinski definition) is 3. The SMILES string of the molecule is Cc1ncsc1-c1ccc([C@H](C)NC(=O)c2cc(O)c[nH]2)cc1. The molecule has 6 heteroatoms. The van der Waals surface area contributed by atoms with Gasteiger partial charge in [0.2, 0.25) is 0 Å². The van der Waals surface area contributed by atoms with E-state index >= 15 is 0 Å². The zero-order valence-corrected chi connectivity index (χ0v) is 13.6. The summed E-state index contributed by atoms with van der Waals surface area (Å²) in [7, 11) is 0. The van der Waals surface area contributed by atoms with Crippen molar-refractivity contribution in [3.63, 3.8) is 0 Å². The van der Waals surface area contributed by atoms with Crippen molar-refractivity contribution in [3.8, 4) is 16.2 Å². The molecule has 0 spiro atoms. The van der Waals surface area contributed by atoms with Crippen LogP contribution in [0.3, 0.4) is 0 Å². The Morgan fingerprint density at radius 3 is 2.65 bits per heavy atom. The second kappa shape index (κ2) is 6.26. The van der Waals surface area contributed by atoms with Crippen molar-refractivity contribution in [2.45, 2.75) is 19.9 Å². The second-order valence-corrected chi connectivity index (χ2v) is 6.21. The first-order chi connectivity index (χ1) is 11.0. The number of nitrogens with one attached hydrogen (secondary N) is 2. The number of rotatable bonds is 4. The summed E-state index contributed by atoms with van der Waals surface area (Å²) in [6, 6.07) is 9.36. The van der Waals surface area contributed by atoms with E-state index in [1.54, 1.807) is 11.3 Å². The Morgan fingerprint density at radius 1 is 1.35 bits per heavy atom. The van der Waals surface area contributed by atoms with Crippen molar-refractivity contribution in [1.29, 1.82) is 0 Å². The Morgan fingerprint density at radius 2 is 2.09 bits per heavy atom. The van der Waals surface area contributed by atoms with E-state index in [1.165, 1.54) is 12.3 Å². The molecule has 118 valence electrons. The second-order valence-electron chi connectivity index (χ2n) is 5.36. The predicted molar refractivity (Wildman–Crippen MR) is 90.6 cm³/mol. The zero-order chi connectivity index (χ0) is 16.4. The number of carbonyl (C=O) groups is 1. The van der Waals surface area contributed by atoms with Gasteiger partial charge in [0, 0.05) is 12.3 Å². The van der Waals surface area contributed by atoms with Gasteiger partial charge in [-0.1, -0.05) is 24.3 Å². The molecule has 0 unspecified atom stereocenters. The molecular formula is C17H17N3O2S. The number of H-pyrrole nitrogens is 1. The molecule has 1 aromatic carbocycles. The molecule has 3 aromatic rings. The molecule has 0 bridgehead atoms. The highest BCUT2D eigenvalue weighted by Gasteiger charge is 2.13. The van der Waals surface area contributed by atoms with Gasteiger partial charge in [0.15, 0.2) is 0 Å². The van der Waals surface area contributed by atoms with Crippen LogP contribution in [-0.4, -0.2) is 21.0 Å². The van der Waals surface area contributed by atoms with Crippen molar-refractivity contribution in [2.24, 2.45) is 0 Å². The number of aromatic amines is 1. The number of thiazole rings is 1. The van der Waals surface area contributed by atoms with Crippen LogP contribution in [0.15, 0.2) is 42.0 Å². The van der Waals surface area contributed by atoms with E-state index in [2.05, 4.69) is 15.3 Å². The highest BCUT2D eigenvalue weighted by atomic mass is 32.1. The minimum Gasteiger partial charge on any atom is -0.506 e. The first-order valence-corrected chi connectivity index (χ1v) is 8.11. The smallest absolute Gasteiger partial charge is 0.268 e. The highest BCUT2D eigenvalue weighted by Crippen LogP contribution is 2.28. The normalized spacial score (nSPS) is 12.1. The molecule has 0 aliphatic carbocycles. The molecular weight excluding hydrogens is 310 g/mol. The molecule has 0 saturated heterocycles. The number of nitrogens with zero attached hydrogens (tertiary/aromatic N) is 1. The first-order valence-electron chi connectivity index (χ1n) is 7.23. The summed E-state index contributed by atoms with van der Waals surface area (Å²) in [6.07, 6.45) is 1.38. The van der Waals surface area contributed by atoms with Crippen LogP contribution in [0.5, 0.6) is 5.75 Å². The molecule has 2 heterocycles. The Kier molecular flexibility index (Phi) is 4.16. The van der Waals surface area contributed by atoms with Gasteiger partial charge >= 0.3 is 0 Å². The summed E-state index contributed by atoms with van der Waals surface area (Å²) in [4.78, 5) is 20.2. The fraction of sp³-hybridized carbons (Fsp3) is 0.176. The van der Waals surface area contributed by atoms with Crippen LogP contribution in [0.4, 0.5) is 0 Å². The topological polar surface area (TPSA) is 78.0 Å². The fourth-order valence-corrected chi connectivity index (χ4v) is 3.19.